The van der Waals surface area contributed by atoms with Crippen molar-refractivity contribution in [2.45, 2.75) is 12.5 Å². The number of halogens is 6. The van der Waals surface area contributed by atoms with Gasteiger partial charge in [-0.3, -0.25) is 4.79 Å². The summed E-state index contributed by atoms with van der Waals surface area (Å²) in [6.07, 6.45) is -9.37. The van der Waals surface area contributed by atoms with Crippen LogP contribution in [0.2, 0.25) is 0 Å². The molecule has 0 unspecified atom stereocenters. The summed E-state index contributed by atoms with van der Waals surface area (Å²) in [6, 6.07) is 8.33. The molecule has 0 heterocycles. The number of anilines is 1. The predicted octanol–water partition coefficient (Wildman–Crippen LogP) is 4.62. The van der Waals surface area contributed by atoms with Gasteiger partial charge in [0.15, 0.2) is 6.61 Å². The molecule has 0 aliphatic carbocycles. The third-order valence-electron chi connectivity index (χ3n) is 2.90. The van der Waals surface area contributed by atoms with Crippen LogP contribution in [0.3, 0.4) is 0 Å². The molecule has 0 bridgehead atoms. The first kappa shape index (κ1) is 19.4. The summed E-state index contributed by atoms with van der Waals surface area (Å²) in [5.41, 5.74) is -0.757. The minimum Gasteiger partial charge on any atom is -0.484 e. The monoisotopic (exact) mass is 379 g/mol. The molecule has 0 spiro atoms. The van der Waals surface area contributed by atoms with Crippen molar-refractivity contribution < 1.29 is 40.6 Å². The van der Waals surface area contributed by atoms with Gasteiger partial charge in [0.2, 0.25) is 0 Å². The van der Waals surface area contributed by atoms with Crippen LogP contribution in [0.5, 0.6) is 11.5 Å². The lowest BCUT2D eigenvalue weighted by Gasteiger charge is -2.11. The second kappa shape index (κ2) is 7.54. The van der Waals surface area contributed by atoms with E-state index in [-0.39, 0.29) is 11.4 Å². The maximum absolute atomic E-state index is 12.6. The number of alkyl halides is 6. The number of carbonyl (C=O) groups excluding carboxylic acids is 1. The van der Waals surface area contributed by atoms with Crippen molar-refractivity contribution in [1.82, 2.24) is 0 Å². The van der Waals surface area contributed by atoms with Gasteiger partial charge in [-0.15, -0.1) is 13.2 Å². The predicted molar refractivity (Wildman–Crippen MR) is 78.7 cm³/mol. The van der Waals surface area contributed by atoms with Crippen molar-refractivity contribution in [3.63, 3.8) is 0 Å². The molecule has 2 aromatic carbocycles. The molecule has 1 N–H and O–H groups in total. The quantitative estimate of drug-likeness (QED) is 0.772. The van der Waals surface area contributed by atoms with Crippen LogP contribution in [-0.2, 0) is 11.0 Å². The largest absolute Gasteiger partial charge is 0.573 e. The number of amides is 1. The van der Waals surface area contributed by atoms with E-state index in [1.807, 2.05) is 0 Å². The summed E-state index contributed by atoms with van der Waals surface area (Å²) >= 11 is 0. The Bertz CT molecular complexity index is 756. The first-order chi connectivity index (χ1) is 12.0. The van der Waals surface area contributed by atoms with Crippen LogP contribution >= 0.6 is 0 Å². The van der Waals surface area contributed by atoms with Crippen LogP contribution in [0.4, 0.5) is 32.0 Å². The number of ether oxygens (including phenoxy) is 2. The number of carbonyl (C=O) groups is 1. The Kier molecular flexibility index (Phi) is 5.63. The van der Waals surface area contributed by atoms with Gasteiger partial charge in [-0.1, -0.05) is 6.07 Å². The lowest BCUT2D eigenvalue weighted by Crippen LogP contribution is -2.20. The fourth-order valence-electron chi connectivity index (χ4n) is 1.85. The standard InChI is InChI=1S/C16H11F6NO3/c17-15(18,19)10-2-1-3-13(8-10)25-9-14(24)23-11-4-6-12(7-5-11)26-16(20,21)22/h1-8H,9H2,(H,23,24). The minimum atomic E-state index is -4.83. The van der Waals surface area contributed by atoms with E-state index in [1.54, 1.807) is 0 Å². The number of benzene rings is 2. The molecule has 10 heteroatoms. The van der Waals surface area contributed by atoms with Crippen molar-refractivity contribution in [2.75, 3.05) is 11.9 Å². The highest BCUT2D eigenvalue weighted by Gasteiger charge is 2.31. The Morgan fingerprint density at radius 2 is 1.58 bits per heavy atom. The smallest absolute Gasteiger partial charge is 0.484 e. The van der Waals surface area contributed by atoms with Gasteiger partial charge < -0.3 is 14.8 Å². The molecule has 2 aromatic rings. The molecule has 1 amide bonds. The molecule has 26 heavy (non-hydrogen) atoms. The second-order valence-corrected chi connectivity index (χ2v) is 4.93. The van der Waals surface area contributed by atoms with Gasteiger partial charge in [0.1, 0.15) is 11.5 Å². The van der Waals surface area contributed by atoms with Crippen LogP contribution in [0, 0.1) is 0 Å². The summed E-state index contributed by atoms with van der Waals surface area (Å²) in [5, 5.41) is 2.32. The molecule has 0 atom stereocenters. The third kappa shape index (κ3) is 6.19. The SMILES string of the molecule is O=C(COc1cccc(C(F)(F)F)c1)Nc1ccc(OC(F)(F)F)cc1. The van der Waals surface area contributed by atoms with Gasteiger partial charge >= 0.3 is 12.5 Å². The summed E-state index contributed by atoms with van der Waals surface area (Å²) in [7, 11) is 0. The molecule has 0 aliphatic rings. The zero-order valence-corrected chi connectivity index (χ0v) is 12.8. The van der Waals surface area contributed by atoms with Crippen LogP contribution < -0.4 is 14.8 Å². The summed E-state index contributed by atoms with van der Waals surface area (Å²) in [5.74, 6) is -1.31. The van der Waals surface area contributed by atoms with Crippen LogP contribution in [0.15, 0.2) is 48.5 Å². The van der Waals surface area contributed by atoms with Gasteiger partial charge in [-0.2, -0.15) is 13.2 Å². The van der Waals surface area contributed by atoms with Gasteiger partial charge in [0, 0.05) is 5.69 Å². The van der Waals surface area contributed by atoms with Crippen molar-refractivity contribution in [3.8, 4) is 11.5 Å². The lowest BCUT2D eigenvalue weighted by atomic mass is 10.2. The Morgan fingerprint density at radius 3 is 2.15 bits per heavy atom. The van der Waals surface area contributed by atoms with E-state index in [2.05, 4.69) is 10.1 Å². The molecule has 0 radical (unpaired) electrons. The Balaban J connectivity index is 1.89. The average molecular weight is 379 g/mol. The van der Waals surface area contributed by atoms with E-state index in [0.717, 1.165) is 30.3 Å². The van der Waals surface area contributed by atoms with Crippen LogP contribution in [-0.4, -0.2) is 18.9 Å². The first-order valence-electron chi connectivity index (χ1n) is 6.99. The summed E-state index contributed by atoms with van der Waals surface area (Å²) in [4.78, 5) is 11.7. The van der Waals surface area contributed by atoms with Crippen molar-refractivity contribution >= 4 is 11.6 Å². The number of hydrogen-bond acceptors (Lipinski definition) is 3. The summed E-state index contributed by atoms with van der Waals surface area (Å²) < 4.78 is 82.5. The van der Waals surface area contributed by atoms with Crippen molar-refractivity contribution in [3.05, 3.63) is 54.1 Å². The highest BCUT2D eigenvalue weighted by Crippen LogP contribution is 2.31. The fraction of sp³-hybridized carbons (Fsp3) is 0.188. The normalized spacial score (nSPS) is 11.8. The van der Waals surface area contributed by atoms with Gasteiger partial charge in [0.25, 0.3) is 5.91 Å². The lowest BCUT2D eigenvalue weighted by molar-refractivity contribution is -0.274. The topological polar surface area (TPSA) is 47.6 Å². The molecule has 0 saturated carbocycles. The van der Waals surface area contributed by atoms with E-state index in [1.165, 1.54) is 18.2 Å². The van der Waals surface area contributed by atoms with E-state index < -0.39 is 36.4 Å². The maximum Gasteiger partial charge on any atom is 0.573 e. The molecule has 0 aromatic heterocycles. The molecule has 4 nitrogen and oxygen atoms in total. The van der Waals surface area contributed by atoms with Gasteiger partial charge in [-0.05, 0) is 42.5 Å². The van der Waals surface area contributed by atoms with Crippen LogP contribution in [0.1, 0.15) is 5.56 Å². The first-order valence-corrected chi connectivity index (χ1v) is 6.99. The fourth-order valence-corrected chi connectivity index (χ4v) is 1.85. The molecular weight excluding hydrogens is 368 g/mol. The minimum absolute atomic E-state index is 0.149. The second-order valence-electron chi connectivity index (χ2n) is 4.93. The third-order valence-corrected chi connectivity index (χ3v) is 2.90. The Hall–Kier alpha value is -2.91. The van der Waals surface area contributed by atoms with E-state index in [4.69, 9.17) is 4.74 Å². The van der Waals surface area contributed by atoms with E-state index in [9.17, 15) is 31.1 Å². The highest BCUT2D eigenvalue weighted by atomic mass is 19.4. The molecular formula is C16H11F6NO3. The summed E-state index contributed by atoms with van der Waals surface area (Å²) in [6.45, 7) is -0.581. The molecule has 2 rings (SSSR count). The molecule has 0 fully saturated rings. The van der Waals surface area contributed by atoms with E-state index >= 15 is 0 Å². The van der Waals surface area contributed by atoms with Gasteiger partial charge in [-0.25, -0.2) is 0 Å². The maximum atomic E-state index is 12.6. The zero-order valence-electron chi connectivity index (χ0n) is 12.8. The average Bonchev–Trinajstić information content (AvgIpc) is 2.53. The molecule has 140 valence electrons. The zero-order chi connectivity index (χ0) is 19.4. The molecule has 0 aliphatic heterocycles. The van der Waals surface area contributed by atoms with Crippen molar-refractivity contribution in [1.29, 1.82) is 0 Å². The van der Waals surface area contributed by atoms with Gasteiger partial charge in [0.05, 0.1) is 5.56 Å². The van der Waals surface area contributed by atoms with Crippen LogP contribution in [0.25, 0.3) is 0 Å². The van der Waals surface area contributed by atoms with Crippen molar-refractivity contribution in [2.24, 2.45) is 0 Å². The highest BCUT2D eigenvalue weighted by molar-refractivity contribution is 5.91. The van der Waals surface area contributed by atoms with E-state index in [0.29, 0.717) is 0 Å². The Labute approximate surface area is 143 Å². The number of rotatable bonds is 5. The number of hydrogen-bond donors (Lipinski definition) is 1. The molecule has 0 saturated heterocycles. The Morgan fingerprint density at radius 1 is 0.923 bits per heavy atom. The number of nitrogens with one attached hydrogen (secondary N) is 1.